The summed E-state index contributed by atoms with van der Waals surface area (Å²) in [4.78, 5) is 11.6. The number of epoxide rings is 1. The SMILES string of the molecule is CC(=O)O[C@H]1CC[C@]2(C)[C@H]3CC[C@]4(C)[C@@H]([C@H](C)CC[C@@H](C)C(C)C)CC[C@H]4[C@@H]3C[C@@H]3O[C@@]32C1. The van der Waals surface area contributed by atoms with Gasteiger partial charge in [0, 0.05) is 18.8 Å². The minimum atomic E-state index is -0.131. The van der Waals surface area contributed by atoms with Crippen molar-refractivity contribution < 1.29 is 14.3 Å². The lowest BCUT2D eigenvalue weighted by Gasteiger charge is -2.59. The van der Waals surface area contributed by atoms with Crippen LogP contribution in [0.5, 0.6) is 0 Å². The summed E-state index contributed by atoms with van der Waals surface area (Å²) in [6.45, 7) is 16.6. The van der Waals surface area contributed by atoms with Crippen molar-refractivity contribution in [1.29, 1.82) is 0 Å². The van der Waals surface area contributed by atoms with Crippen molar-refractivity contribution in [2.24, 2.45) is 52.3 Å². The molecule has 0 amide bonds. The lowest BCUT2D eigenvalue weighted by molar-refractivity contribution is -0.157. The van der Waals surface area contributed by atoms with Crippen molar-refractivity contribution >= 4 is 5.97 Å². The van der Waals surface area contributed by atoms with E-state index in [1.54, 1.807) is 6.92 Å². The number of rotatable bonds is 6. The highest BCUT2D eigenvalue weighted by Crippen LogP contribution is 2.74. The van der Waals surface area contributed by atoms with Gasteiger partial charge in [0.2, 0.25) is 0 Å². The molecule has 4 aliphatic carbocycles. The van der Waals surface area contributed by atoms with E-state index in [1.807, 2.05) is 0 Å². The van der Waals surface area contributed by atoms with E-state index >= 15 is 0 Å². The lowest BCUT2D eigenvalue weighted by atomic mass is 9.44. The molecule has 0 aromatic carbocycles. The van der Waals surface area contributed by atoms with Crippen molar-refractivity contribution in [3.8, 4) is 0 Å². The van der Waals surface area contributed by atoms with Crippen molar-refractivity contribution in [3.05, 3.63) is 0 Å². The zero-order chi connectivity index (χ0) is 23.8. The standard InChI is InChI=1S/C30H50O3/c1-18(2)19(3)8-9-20(4)24-10-11-25-23-16-27-30(33-27)17-22(32-21(5)31)12-15-29(30,7)26(23)13-14-28(24,25)6/h18-20,22-27H,8-17H2,1-7H3/t19-,20-,22+,23+,24-,25+,26+,27+,28-,29-,30+/m1/s1. The Morgan fingerprint density at radius 2 is 1.76 bits per heavy atom. The number of carbonyl (C=O) groups excluding carboxylic acids is 1. The average Bonchev–Trinajstić information content (AvgIpc) is 3.32. The molecule has 1 aliphatic heterocycles. The number of carbonyl (C=O) groups is 1. The van der Waals surface area contributed by atoms with Crippen LogP contribution in [0.25, 0.3) is 0 Å². The predicted octanol–water partition coefficient (Wildman–Crippen LogP) is 7.42. The normalized spacial score (nSPS) is 49.9. The fourth-order valence-electron chi connectivity index (χ4n) is 10.0. The van der Waals surface area contributed by atoms with Crippen molar-refractivity contribution in [2.45, 2.75) is 130 Å². The first-order valence-electron chi connectivity index (χ1n) is 14.4. The van der Waals surface area contributed by atoms with E-state index in [4.69, 9.17) is 9.47 Å². The molecule has 0 bridgehead atoms. The second-order valence-corrected chi connectivity index (χ2v) is 14.0. The third-order valence-electron chi connectivity index (χ3n) is 12.3. The molecule has 11 atom stereocenters. The van der Waals surface area contributed by atoms with Gasteiger partial charge in [-0.05, 0) is 91.8 Å². The van der Waals surface area contributed by atoms with Crippen LogP contribution in [0.3, 0.4) is 0 Å². The van der Waals surface area contributed by atoms with E-state index in [1.165, 1.54) is 51.4 Å². The average molecular weight is 459 g/mol. The molecule has 5 fully saturated rings. The molecule has 5 rings (SSSR count). The minimum absolute atomic E-state index is 0.00143. The summed E-state index contributed by atoms with van der Waals surface area (Å²) in [6, 6.07) is 0. The zero-order valence-corrected chi connectivity index (χ0v) is 22.5. The molecule has 3 heteroatoms. The van der Waals surface area contributed by atoms with E-state index in [-0.39, 0.29) is 23.1 Å². The van der Waals surface area contributed by atoms with Gasteiger partial charge in [-0.15, -0.1) is 0 Å². The fourth-order valence-corrected chi connectivity index (χ4v) is 10.0. The van der Waals surface area contributed by atoms with Gasteiger partial charge in [0.05, 0.1) is 6.10 Å². The fraction of sp³-hybridized carbons (Fsp3) is 0.967. The Hall–Kier alpha value is -0.570. The molecule has 188 valence electrons. The smallest absolute Gasteiger partial charge is 0.302 e. The molecule has 0 N–H and O–H groups in total. The number of fused-ring (bicyclic) bond motifs is 4. The lowest BCUT2D eigenvalue weighted by Crippen LogP contribution is -2.59. The number of esters is 1. The number of hydrogen-bond donors (Lipinski definition) is 0. The summed E-state index contributed by atoms with van der Waals surface area (Å²) in [6.07, 6.45) is 13.3. The maximum absolute atomic E-state index is 11.6. The predicted molar refractivity (Wildman–Crippen MR) is 133 cm³/mol. The molecule has 0 aromatic rings. The number of ether oxygens (including phenoxy) is 2. The second kappa shape index (κ2) is 8.24. The van der Waals surface area contributed by atoms with Crippen LogP contribution in [0.1, 0.15) is 113 Å². The van der Waals surface area contributed by atoms with E-state index in [2.05, 4.69) is 41.5 Å². The van der Waals surface area contributed by atoms with Crippen LogP contribution >= 0.6 is 0 Å². The van der Waals surface area contributed by atoms with Gasteiger partial charge in [-0.25, -0.2) is 0 Å². The Morgan fingerprint density at radius 1 is 1.00 bits per heavy atom. The van der Waals surface area contributed by atoms with Crippen molar-refractivity contribution in [3.63, 3.8) is 0 Å². The summed E-state index contributed by atoms with van der Waals surface area (Å²) < 4.78 is 12.3. The molecule has 4 saturated carbocycles. The van der Waals surface area contributed by atoms with Gasteiger partial charge in [-0.3, -0.25) is 4.79 Å². The first-order valence-corrected chi connectivity index (χ1v) is 14.4. The van der Waals surface area contributed by atoms with Crippen LogP contribution in [-0.4, -0.2) is 23.8 Å². The topological polar surface area (TPSA) is 38.8 Å². The summed E-state index contributed by atoms with van der Waals surface area (Å²) in [5.74, 6) is 5.79. The molecule has 0 radical (unpaired) electrons. The van der Waals surface area contributed by atoms with Gasteiger partial charge in [-0.2, -0.15) is 0 Å². The minimum Gasteiger partial charge on any atom is -0.462 e. The first-order chi connectivity index (χ1) is 15.5. The molecule has 0 unspecified atom stereocenters. The molecular formula is C30H50O3. The van der Waals surface area contributed by atoms with Crippen LogP contribution in [-0.2, 0) is 14.3 Å². The van der Waals surface area contributed by atoms with Gasteiger partial charge in [0.1, 0.15) is 11.7 Å². The van der Waals surface area contributed by atoms with Crippen molar-refractivity contribution in [2.75, 3.05) is 0 Å². The monoisotopic (exact) mass is 458 g/mol. The molecule has 5 aliphatic rings. The summed E-state index contributed by atoms with van der Waals surface area (Å²) in [5.41, 5.74) is 0.801. The molecule has 0 aromatic heterocycles. The Morgan fingerprint density at radius 3 is 2.45 bits per heavy atom. The van der Waals surface area contributed by atoms with Crippen LogP contribution in [0, 0.1) is 52.3 Å². The van der Waals surface area contributed by atoms with E-state index in [9.17, 15) is 4.79 Å². The zero-order valence-electron chi connectivity index (χ0n) is 22.5. The molecule has 1 heterocycles. The molecule has 3 nitrogen and oxygen atoms in total. The summed E-state index contributed by atoms with van der Waals surface area (Å²) in [5, 5.41) is 0. The summed E-state index contributed by atoms with van der Waals surface area (Å²) >= 11 is 0. The Bertz CT molecular complexity index is 762. The van der Waals surface area contributed by atoms with Crippen LogP contribution < -0.4 is 0 Å². The Balaban J connectivity index is 1.30. The van der Waals surface area contributed by atoms with Gasteiger partial charge in [0.15, 0.2) is 0 Å². The van der Waals surface area contributed by atoms with Gasteiger partial charge in [0.25, 0.3) is 0 Å². The molecule has 1 saturated heterocycles. The van der Waals surface area contributed by atoms with Crippen LogP contribution in [0.15, 0.2) is 0 Å². The number of hydrogen-bond acceptors (Lipinski definition) is 3. The largest absolute Gasteiger partial charge is 0.462 e. The third kappa shape index (κ3) is 3.64. The highest BCUT2D eigenvalue weighted by molar-refractivity contribution is 5.66. The molecule has 1 spiro atoms. The first kappa shape index (κ1) is 24.1. The molecule has 33 heavy (non-hydrogen) atoms. The molecular weight excluding hydrogens is 408 g/mol. The summed E-state index contributed by atoms with van der Waals surface area (Å²) in [7, 11) is 0. The Labute approximate surface area is 203 Å². The Kier molecular flexibility index (Phi) is 6.03. The quantitative estimate of drug-likeness (QED) is 0.307. The van der Waals surface area contributed by atoms with E-state index in [0.717, 1.165) is 54.3 Å². The van der Waals surface area contributed by atoms with Crippen LogP contribution in [0.2, 0.25) is 0 Å². The van der Waals surface area contributed by atoms with E-state index < -0.39 is 0 Å². The van der Waals surface area contributed by atoms with Gasteiger partial charge in [-0.1, -0.05) is 54.4 Å². The van der Waals surface area contributed by atoms with Gasteiger partial charge >= 0.3 is 5.97 Å². The third-order valence-corrected chi connectivity index (χ3v) is 12.3. The maximum atomic E-state index is 11.6. The highest BCUT2D eigenvalue weighted by Gasteiger charge is 2.76. The van der Waals surface area contributed by atoms with Crippen molar-refractivity contribution in [1.82, 2.24) is 0 Å². The van der Waals surface area contributed by atoms with E-state index in [0.29, 0.717) is 11.5 Å². The highest BCUT2D eigenvalue weighted by atomic mass is 16.6. The van der Waals surface area contributed by atoms with Gasteiger partial charge < -0.3 is 9.47 Å². The van der Waals surface area contributed by atoms with Crippen LogP contribution in [0.4, 0.5) is 0 Å². The second-order valence-electron chi connectivity index (χ2n) is 14.0. The maximum Gasteiger partial charge on any atom is 0.302 e.